The molecular formula is C18H14ClFN2O2S. The molecule has 3 aromatic rings. The fourth-order valence-electron chi connectivity index (χ4n) is 3.10. The minimum atomic E-state index is -0.534. The van der Waals surface area contributed by atoms with Gasteiger partial charge in [0.25, 0.3) is 5.91 Å². The number of fused-ring (bicyclic) bond motifs is 1. The van der Waals surface area contributed by atoms with E-state index in [0.717, 1.165) is 12.0 Å². The van der Waals surface area contributed by atoms with Gasteiger partial charge in [-0.2, -0.15) is 0 Å². The first-order valence-electron chi connectivity index (χ1n) is 7.81. The maximum Gasteiger partial charge on any atom is 0.260 e. The highest BCUT2D eigenvalue weighted by Gasteiger charge is 2.30. The van der Waals surface area contributed by atoms with Gasteiger partial charge in [-0.15, -0.1) is 11.3 Å². The number of benzene rings is 1. The highest BCUT2D eigenvalue weighted by atomic mass is 35.5. The molecule has 4 rings (SSSR count). The second kappa shape index (κ2) is 6.28. The smallest absolute Gasteiger partial charge is 0.260 e. The average Bonchev–Trinajstić information content (AvgIpc) is 3.20. The van der Waals surface area contributed by atoms with E-state index in [9.17, 15) is 9.18 Å². The van der Waals surface area contributed by atoms with Crippen molar-refractivity contribution in [3.05, 3.63) is 62.2 Å². The Kier molecular flexibility index (Phi) is 4.09. The fourth-order valence-corrected chi connectivity index (χ4v) is 4.24. The molecule has 0 atom stereocenters. The summed E-state index contributed by atoms with van der Waals surface area (Å²) < 4.78 is 19.5. The van der Waals surface area contributed by atoms with Crippen molar-refractivity contribution in [1.82, 2.24) is 10.1 Å². The van der Waals surface area contributed by atoms with Gasteiger partial charge in [-0.1, -0.05) is 22.8 Å². The van der Waals surface area contributed by atoms with E-state index >= 15 is 0 Å². The lowest BCUT2D eigenvalue weighted by molar-refractivity contribution is 0.0734. The number of nitrogens with zero attached hydrogens (tertiary/aromatic N) is 2. The first-order valence-corrected chi connectivity index (χ1v) is 9.07. The van der Waals surface area contributed by atoms with E-state index in [4.69, 9.17) is 16.1 Å². The maximum absolute atomic E-state index is 14.3. The van der Waals surface area contributed by atoms with Crippen molar-refractivity contribution in [2.24, 2.45) is 0 Å². The number of carbonyl (C=O) groups excluding carboxylic acids is 1. The fraction of sp³-hybridized carbons (Fsp3) is 0.222. The highest BCUT2D eigenvalue weighted by molar-refractivity contribution is 7.10. The number of hydrogen-bond donors (Lipinski definition) is 0. The lowest BCUT2D eigenvalue weighted by atomic mass is 10.0. The molecule has 0 aliphatic carbocycles. The van der Waals surface area contributed by atoms with Gasteiger partial charge in [0.1, 0.15) is 22.8 Å². The van der Waals surface area contributed by atoms with Crippen LogP contribution in [-0.4, -0.2) is 22.5 Å². The van der Waals surface area contributed by atoms with E-state index in [-0.39, 0.29) is 27.8 Å². The van der Waals surface area contributed by atoms with Crippen LogP contribution in [0.5, 0.6) is 0 Å². The maximum atomic E-state index is 14.3. The number of thiophene rings is 1. The Bertz CT molecular complexity index is 946. The number of hydrogen-bond acceptors (Lipinski definition) is 4. The summed E-state index contributed by atoms with van der Waals surface area (Å²) in [5.41, 5.74) is 1.68. The molecule has 0 fully saturated rings. The monoisotopic (exact) mass is 376 g/mol. The summed E-state index contributed by atoms with van der Waals surface area (Å²) in [5, 5.41) is 6.14. The third-order valence-electron chi connectivity index (χ3n) is 4.37. The normalized spacial score (nSPS) is 13.8. The van der Waals surface area contributed by atoms with Crippen molar-refractivity contribution in [3.8, 4) is 11.3 Å². The number of aryl methyl sites for hydroxylation is 1. The molecule has 2 aromatic heterocycles. The molecule has 25 heavy (non-hydrogen) atoms. The SMILES string of the molecule is Cc1onc(-c2c(F)cccc2Cl)c1C(=O)N1CCc2sccc2C1. The zero-order chi connectivity index (χ0) is 17.6. The molecule has 0 radical (unpaired) electrons. The topological polar surface area (TPSA) is 46.3 Å². The summed E-state index contributed by atoms with van der Waals surface area (Å²) in [7, 11) is 0. The Morgan fingerprint density at radius 1 is 1.40 bits per heavy atom. The van der Waals surface area contributed by atoms with Gasteiger partial charge in [0.2, 0.25) is 0 Å². The van der Waals surface area contributed by atoms with Crippen molar-refractivity contribution in [2.45, 2.75) is 19.9 Å². The predicted octanol–water partition coefficient (Wildman–Crippen LogP) is 4.70. The summed E-state index contributed by atoms with van der Waals surface area (Å²) in [6.45, 7) is 2.80. The van der Waals surface area contributed by atoms with Crippen LogP contribution < -0.4 is 0 Å². The first-order chi connectivity index (χ1) is 12.1. The van der Waals surface area contributed by atoms with E-state index in [1.807, 2.05) is 11.4 Å². The van der Waals surface area contributed by atoms with Crippen LogP contribution in [0.15, 0.2) is 34.2 Å². The Labute approximate surface area is 152 Å². The van der Waals surface area contributed by atoms with Gasteiger partial charge in [-0.3, -0.25) is 4.79 Å². The lowest BCUT2D eigenvalue weighted by Crippen LogP contribution is -2.35. The van der Waals surface area contributed by atoms with E-state index in [0.29, 0.717) is 18.8 Å². The van der Waals surface area contributed by atoms with Crippen LogP contribution in [0.25, 0.3) is 11.3 Å². The average molecular weight is 377 g/mol. The molecule has 0 N–H and O–H groups in total. The Balaban J connectivity index is 1.74. The number of amides is 1. The molecule has 1 aromatic carbocycles. The van der Waals surface area contributed by atoms with Crippen LogP contribution >= 0.6 is 22.9 Å². The second-order valence-corrected chi connectivity index (χ2v) is 7.31. The molecule has 0 bridgehead atoms. The molecule has 1 aliphatic rings. The Morgan fingerprint density at radius 2 is 2.24 bits per heavy atom. The van der Waals surface area contributed by atoms with E-state index in [1.165, 1.54) is 17.0 Å². The number of carbonyl (C=O) groups is 1. The molecule has 1 amide bonds. The Morgan fingerprint density at radius 3 is 3.04 bits per heavy atom. The first kappa shape index (κ1) is 16.3. The number of aromatic nitrogens is 1. The molecule has 1 aliphatic heterocycles. The second-order valence-electron chi connectivity index (χ2n) is 5.90. The van der Waals surface area contributed by atoms with Crippen LogP contribution in [0, 0.1) is 12.7 Å². The van der Waals surface area contributed by atoms with Gasteiger partial charge in [-0.25, -0.2) is 4.39 Å². The third-order valence-corrected chi connectivity index (χ3v) is 5.71. The molecular weight excluding hydrogens is 363 g/mol. The van der Waals surface area contributed by atoms with Crippen LogP contribution in [0.4, 0.5) is 4.39 Å². The molecule has 128 valence electrons. The van der Waals surface area contributed by atoms with E-state index in [1.54, 1.807) is 29.2 Å². The summed E-state index contributed by atoms with van der Waals surface area (Å²) in [6.07, 6.45) is 0.818. The van der Waals surface area contributed by atoms with E-state index < -0.39 is 5.82 Å². The van der Waals surface area contributed by atoms with Gasteiger partial charge in [0.15, 0.2) is 0 Å². The summed E-state index contributed by atoms with van der Waals surface area (Å²) >= 11 is 7.85. The predicted molar refractivity (Wildman–Crippen MR) is 94.4 cm³/mol. The largest absolute Gasteiger partial charge is 0.360 e. The van der Waals surface area contributed by atoms with Crippen molar-refractivity contribution in [1.29, 1.82) is 0 Å². The lowest BCUT2D eigenvalue weighted by Gasteiger charge is -2.27. The minimum absolute atomic E-state index is 0.0950. The van der Waals surface area contributed by atoms with Crippen molar-refractivity contribution < 1.29 is 13.7 Å². The zero-order valence-corrected chi connectivity index (χ0v) is 15.0. The number of rotatable bonds is 2. The molecule has 0 unspecified atom stereocenters. The van der Waals surface area contributed by atoms with Crippen LogP contribution in [0.2, 0.25) is 5.02 Å². The summed E-state index contributed by atoms with van der Waals surface area (Å²) in [5.74, 6) is -0.394. The molecule has 0 saturated carbocycles. The van der Waals surface area contributed by atoms with E-state index in [2.05, 4.69) is 5.16 Å². The van der Waals surface area contributed by atoms with Gasteiger partial charge >= 0.3 is 0 Å². The van der Waals surface area contributed by atoms with Crippen LogP contribution in [0.1, 0.15) is 26.6 Å². The third kappa shape index (κ3) is 2.75. The van der Waals surface area contributed by atoms with Crippen molar-refractivity contribution >= 4 is 28.8 Å². The highest BCUT2D eigenvalue weighted by Crippen LogP contribution is 2.35. The standard InChI is InChI=1S/C18H14ClFN2O2S/c1-10-15(17(21-24-10)16-12(19)3-2-4-13(16)20)18(23)22-7-5-14-11(9-22)6-8-25-14/h2-4,6,8H,5,7,9H2,1H3. The van der Waals surface area contributed by atoms with Crippen LogP contribution in [-0.2, 0) is 13.0 Å². The Hall–Kier alpha value is -2.18. The summed E-state index contributed by atoms with van der Waals surface area (Å²) in [4.78, 5) is 16.1. The van der Waals surface area contributed by atoms with Crippen molar-refractivity contribution in [2.75, 3.05) is 6.54 Å². The minimum Gasteiger partial charge on any atom is -0.360 e. The zero-order valence-electron chi connectivity index (χ0n) is 13.4. The molecule has 0 saturated heterocycles. The van der Waals surface area contributed by atoms with Gasteiger partial charge < -0.3 is 9.42 Å². The van der Waals surface area contributed by atoms with Gasteiger partial charge in [-0.05, 0) is 42.5 Å². The van der Waals surface area contributed by atoms with Gasteiger partial charge in [0.05, 0.1) is 10.6 Å². The van der Waals surface area contributed by atoms with Crippen LogP contribution in [0.3, 0.4) is 0 Å². The molecule has 4 nitrogen and oxygen atoms in total. The van der Waals surface area contributed by atoms with Crippen molar-refractivity contribution in [3.63, 3.8) is 0 Å². The summed E-state index contributed by atoms with van der Waals surface area (Å²) in [6, 6.07) is 6.40. The van der Waals surface area contributed by atoms with Gasteiger partial charge in [0, 0.05) is 18.0 Å². The molecule has 0 spiro atoms. The quantitative estimate of drug-likeness (QED) is 0.651. The molecule has 7 heteroatoms. The number of halogens is 2. The molecule has 3 heterocycles.